The van der Waals surface area contributed by atoms with Gasteiger partial charge in [0, 0.05) is 23.7 Å². The SMILES string of the molecule is CNc1cccc(-c2cc(C3=CCCC=C3)cc3c(N)ncnc23)c1. The van der Waals surface area contributed by atoms with E-state index in [0.717, 1.165) is 46.1 Å². The molecule has 0 bridgehead atoms. The van der Waals surface area contributed by atoms with Crippen LogP contribution in [0.5, 0.6) is 0 Å². The van der Waals surface area contributed by atoms with E-state index in [9.17, 15) is 0 Å². The summed E-state index contributed by atoms with van der Waals surface area (Å²) in [5.41, 5.74) is 12.7. The number of hydrogen-bond donors (Lipinski definition) is 2. The summed E-state index contributed by atoms with van der Waals surface area (Å²) in [5, 5.41) is 4.09. The molecular weight excluding hydrogens is 308 g/mol. The first-order chi connectivity index (χ1) is 12.3. The first-order valence-electron chi connectivity index (χ1n) is 8.46. The Morgan fingerprint density at radius 2 is 1.96 bits per heavy atom. The summed E-state index contributed by atoms with van der Waals surface area (Å²) in [5.74, 6) is 0.512. The minimum Gasteiger partial charge on any atom is -0.388 e. The van der Waals surface area contributed by atoms with E-state index < -0.39 is 0 Å². The number of fused-ring (bicyclic) bond motifs is 1. The predicted molar refractivity (Wildman–Crippen MR) is 105 cm³/mol. The van der Waals surface area contributed by atoms with Crippen LogP contribution in [0.3, 0.4) is 0 Å². The standard InChI is InChI=1S/C21H20N4/c1-23-17-9-5-8-15(10-17)18-11-16(14-6-3-2-4-7-14)12-19-20(18)24-13-25-21(19)22/h3,5-13,23H,2,4H2,1H3,(H2,22,24,25). The Bertz CT molecular complexity index is 1000. The Morgan fingerprint density at radius 3 is 2.76 bits per heavy atom. The number of benzene rings is 2. The van der Waals surface area contributed by atoms with Crippen molar-refractivity contribution in [2.45, 2.75) is 12.8 Å². The third-order valence-electron chi connectivity index (χ3n) is 4.56. The lowest BCUT2D eigenvalue weighted by Gasteiger charge is -2.14. The molecule has 25 heavy (non-hydrogen) atoms. The van der Waals surface area contributed by atoms with Crippen LogP contribution in [0.1, 0.15) is 18.4 Å². The molecule has 0 unspecified atom stereocenters. The van der Waals surface area contributed by atoms with Gasteiger partial charge in [-0.15, -0.1) is 0 Å². The molecule has 4 heteroatoms. The van der Waals surface area contributed by atoms with Crippen molar-refractivity contribution in [2.24, 2.45) is 0 Å². The molecule has 3 aromatic rings. The molecule has 1 aliphatic carbocycles. The van der Waals surface area contributed by atoms with Gasteiger partial charge in [0.25, 0.3) is 0 Å². The summed E-state index contributed by atoms with van der Waals surface area (Å²) < 4.78 is 0. The van der Waals surface area contributed by atoms with Gasteiger partial charge >= 0.3 is 0 Å². The van der Waals surface area contributed by atoms with E-state index in [1.54, 1.807) is 0 Å². The molecule has 0 fully saturated rings. The third-order valence-corrected chi connectivity index (χ3v) is 4.56. The summed E-state index contributed by atoms with van der Waals surface area (Å²) in [6, 6.07) is 12.6. The van der Waals surface area contributed by atoms with Crippen LogP contribution in [0.25, 0.3) is 27.6 Å². The minimum atomic E-state index is 0.512. The number of nitrogens with zero attached hydrogens (tertiary/aromatic N) is 2. The molecule has 0 aliphatic heterocycles. The molecule has 0 saturated carbocycles. The fourth-order valence-corrected chi connectivity index (χ4v) is 3.24. The summed E-state index contributed by atoms with van der Waals surface area (Å²) >= 11 is 0. The lowest BCUT2D eigenvalue weighted by molar-refractivity contribution is 1.04. The van der Waals surface area contributed by atoms with Gasteiger partial charge in [0.1, 0.15) is 12.1 Å². The number of allylic oxidation sites excluding steroid dienone is 4. The average molecular weight is 328 g/mol. The Labute approximate surface area is 147 Å². The molecule has 4 nitrogen and oxygen atoms in total. The highest BCUT2D eigenvalue weighted by Crippen LogP contribution is 2.35. The normalized spacial score (nSPS) is 13.7. The Hall–Kier alpha value is -3.14. The highest BCUT2D eigenvalue weighted by atomic mass is 14.9. The Morgan fingerprint density at radius 1 is 1.04 bits per heavy atom. The zero-order valence-electron chi connectivity index (χ0n) is 14.2. The zero-order chi connectivity index (χ0) is 17.2. The van der Waals surface area contributed by atoms with E-state index in [2.05, 4.69) is 57.8 Å². The van der Waals surface area contributed by atoms with Crippen LogP contribution >= 0.6 is 0 Å². The quantitative estimate of drug-likeness (QED) is 0.734. The number of nitrogens with two attached hydrogens (primary N) is 1. The largest absolute Gasteiger partial charge is 0.388 e. The molecule has 2 aromatic carbocycles. The van der Waals surface area contributed by atoms with Gasteiger partial charge < -0.3 is 11.1 Å². The van der Waals surface area contributed by atoms with Crippen molar-refractivity contribution in [1.29, 1.82) is 0 Å². The maximum absolute atomic E-state index is 6.16. The number of nitrogens with one attached hydrogen (secondary N) is 1. The van der Waals surface area contributed by atoms with Crippen LogP contribution in [-0.4, -0.2) is 17.0 Å². The highest BCUT2D eigenvalue weighted by Gasteiger charge is 2.13. The lowest BCUT2D eigenvalue weighted by atomic mass is 9.93. The Kier molecular flexibility index (Phi) is 3.94. The van der Waals surface area contributed by atoms with Gasteiger partial charge in [-0.25, -0.2) is 9.97 Å². The highest BCUT2D eigenvalue weighted by molar-refractivity contribution is 6.01. The van der Waals surface area contributed by atoms with Gasteiger partial charge in [0.05, 0.1) is 5.52 Å². The summed E-state index contributed by atoms with van der Waals surface area (Å²) in [6.45, 7) is 0. The molecule has 1 aliphatic rings. The maximum atomic E-state index is 6.16. The van der Waals surface area contributed by atoms with Crippen molar-refractivity contribution in [3.63, 3.8) is 0 Å². The number of aromatic nitrogens is 2. The van der Waals surface area contributed by atoms with Crippen molar-refractivity contribution in [3.05, 3.63) is 66.5 Å². The number of anilines is 2. The van der Waals surface area contributed by atoms with Crippen LogP contribution < -0.4 is 11.1 Å². The first kappa shape index (κ1) is 15.4. The second kappa shape index (κ2) is 6.40. The summed E-state index contributed by atoms with van der Waals surface area (Å²) in [7, 11) is 1.92. The average Bonchev–Trinajstić information content (AvgIpc) is 2.68. The monoisotopic (exact) mass is 328 g/mol. The Balaban J connectivity index is 1.99. The van der Waals surface area contributed by atoms with E-state index in [1.807, 2.05) is 19.2 Å². The lowest BCUT2D eigenvalue weighted by Crippen LogP contribution is -1.97. The molecule has 3 N–H and O–H groups in total. The molecule has 1 heterocycles. The minimum absolute atomic E-state index is 0.512. The first-order valence-corrected chi connectivity index (χ1v) is 8.46. The fourth-order valence-electron chi connectivity index (χ4n) is 3.24. The molecule has 0 radical (unpaired) electrons. The number of hydrogen-bond acceptors (Lipinski definition) is 4. The van der Waals surface area contributed by atoms with E-state index in [1.165, 1.54) is 11.9 Å². The second-order valence-electron chi connectivity index (χ2n) is 6.15. The van der Waals surface area contributed by atoms with Crippen molar-refractivity contribution in [2.75, 3.05) is 18.1 Å². The smallest absolute Gasteiger partial charge is 0.134 e. The maximum Gasteiger partial charge on any atom is 0.134 e. The molecular formula is C21H20N4. The van der Waals surface area contributed by atoms with Crippen molar-refractivity contribution in [1.82, 2.24) is 9.97 Å². The van der Waals surface area contributed by atoms with E-state index >= 15 is 0 Å². The van der Waals surface area contributed by atoms with Crippen LogP contribution in [0.4, 0.5) is 11.5 Å². The summed E-state index contributed by atoms with van der Waals surface area (Å²) in [4.78, 5) is 8.69. The molecule has 0 spiro atoms. The van der Waals surface area contributed by atoms with Gasteiger partial charge in [-0.2, -0.15) is 0 Å². The molecule has 0 saturated heterocycles. The zero-order valence-corrected chi connectivity index (χ0v) is 14.2. The van der Waals surface area contributed by atoms with Gasteiger partial charge in [-0.1, -0.05) is 30.4 Å². The van der Waals surface area contributed by atoms with Crippen LogP contribution in [-0.2, 0) is 0 Å². The van der Waals surface area contributed by atoms with Crippen LogP contribution in [0.2, 0.25) is 0 Å². The molecule has 4 rings (SSSR count). The fraction of sp³-hybridized carbons (Fsp3) is 0.143. The summed E-state index contributed by atoms with van der Waals surface area (Å²) in [6.07, 6.45) is 10.4. The molecule has 1 aromatic heterocycles. The van der Waals surface area contributed by atoms with Crippen LogP contribution in [0.15, 0.2) is 61.0 Å². The van der Waals surface area contributed by atoms with E-state index in [-0.39, 0.29) is 0 Å². The molecule has 0 amide bonds. The van der Waals surface area contributed by atoms with Crippen LogP contribution in [0, 0.1) is 0 Å². The van der Waals surface area contributed by atoms with Gasteiger partial charge in [0.2, 0.25) is 0 Å². The van der Waals surface area contributed by atoms with E-state index in [0.29, 0.717) is 5.82 Å². The number of nitrogen functional groups attached to an aromatic ring is 1. The van der Waals surface area contributed by atoms with Crippen molar-refractivity contribution >= 4 is 28.0 Å². The van der Waals surface area contributed by atoms with Crippen molar-refractivity contribution < 1.29 is 0 Å². The van der Waals surface area contributed by atoms with Gasteiger partial charge in [-0.05, 0) is 53.8 Å². The van der Waals surface area contributed by atoms with Gasteiger partial charge in [0.15, 0.2) is 0 Å². The molecule has 0 atom stereocenters. The topological polar surface area (TPSA) is 63.8 Å². The third kappa shape index (κ3) is 2.87. The predicted octanol–water partition coefficient (Wildman–Crippen LogP) is 4.65. The second-order valence-corrected chi connectivity index (χ2v) is 6.15. The van der Waals surface area contributed by atoms with Crippen molar-refractivity contribution in [3.8, 4) is 11.1 Å². The van der Waals surface area contributed by atoms with Gasteiger partial charge in [-0.3, -0.25) is 0 Å². The molecule has 124 valence electrons. The van der Waals surface area contributed by atoms with E-state index in [4.69, 9.17) is 5.73 Å². The number of rotatable bonds is 3.